The Morgan fingerprint density at radius 1 is 1.11 bits per heavy atom. The molecule has 144 valence electrons. The number of rotatable bonds is 8. The molecule has 0 saturated carbocycles. The van der Waals surface area contributed by atoms with Gasteiger partial charge in [-0.05, 0) is 65.7 Å². The predicted octanol–water partition coefficient (Wildman–Crippen LogP) is 3.36. The van der Waals surface area contributed by atoms with Crippen molar-refractivity contribution in [3.8, 4) is 11.5 Å². The van der Waals surface area contributed by atoms with E-state index in [1.807, 2.05) is 24.3 Å². The van der Waals surface area contributed by atoms with Crippen LogP contribution in [0.3, 0.4) is 0 Å². The number of halogens is 2. The molecule has 0 heterocycles. The summed E-state index contributed by atoms with van der Waals surface area (Å²) >= 11 is 3.38. The van der Waals surface area contributed by atoms with Crippen LogP contribution in [0.2, 0.25) is 0 Å². The zero-order valence-electron chi connectivity index (χ0n) is 14.7. The monoisotopic (exact) mass is 438 g/mol. The molecule has 0 radical (unpaired) electrons. The molecular formula is C19H20BrFN2O4. The zero-order valence-corrected chi connectivity index (χ0v) is 16.3. The van der Waals surface area contributed by atoms with Crippen molar-refractivity contribution in [2.24, 2.45) is 0 Å². The molecule has 0 aliphatic rings. The van der Waals surface area contributed by atoms with Gasteiger partial charge in [0.15, 0.2) is 6.10 Å². The summed E-state index contributed by atoms with van der Waals surface area (Å²) in [5.74, 6) is -0.187. The molecular weight excluding hydrogens is 419 g/mol. The Balaban J connectivity index is 1.63. The van der Waals surface area contributed by atoms with E-state index in [-0.39, 0.29) is 12.3 Å². The van der Waals surface area contributed by atoms with Gasteiger partial charge in [-0.3, -0.25) is 20.4 Å². The third-order valence-electron chi connectivity index (χ3n) is 3.46. The van der Waals surface area contributed by atoms with Crippen LogP contribution in [0.5, 0.6) is 11.5 Å². The lowest BCUT2D eigenvalue weighted by molar-refractivity contribution is -0.132. The average molecular weight is 439 g/mol. The Hall–Kier alpha value is -2.61. The number of amides is 2. The Morgan fingerprint density at radius 2 is 1.81 bits per heavy atom. The van der Waals surface area contributed by atoms with E-state index in [2.05, 4.69) is 26.8 Å². The molecule has 1 unspecified atom stereocenters. The molecule has 8 heteroatoms. The number of hydrogen-bond acceptors (Lipinski definition) is 4. The molecule has 2 rings (SSSR count). The maximum absolute atomic E-state index is 12.8. The van der Waals surface area contributed by atoms with Gasteiger partial charge in [-0.1, -0.05) is 12.1 Å². The van der Waals surface area contributed by atoms with Crippen molar-refractivity contribution in [3.63, 3.8) is 0 Å². The van der Waals surface area contributed by atoms with Gasteiger partial charge < -0.3 is 9.47 Å². The van der Waals surface area contributed by atoms with Crippen LogP contribution < -0.4 is 20.3 Å². The van der Waals surface area contributed by atoms with Gasteiger partial charge in [0.2, 0.25) is 5.91 Å². The molecule has 2 N–H and O–H groups in total. The molecule has 0 bridgehead atoms. The summed E-state index contributed by atoms with van der Waals surface area (Å²) < 4.78 is 24.6. The first kappa shape index (κ1) is 20.7. The van der Waals surface area contributed by atoms with E-state index in [4.69, 9.17) is 9.47 Å². The third-order valence-corrected chi connectivity index (χ3v) is 4.12. The Morgan fingerprint density at radius 3 is 2.52 bits per heavy atom. The van der Waals surface area contributed by atoms with Crippen molar-refractivity contribution in [1.82, 2.24) is 10.9 Å². The minimum Gasteiger partial charge on any atom is -0.492 e. The summed E-state index contributed by atoms with van der Waals surface area (Å²) in [6.45, 7) is 1.89. The van der Waals surface area contributed by atoms with Gasteiger partial charge in [0.05, 0.1) is 11.1 Å². The van der Waals surface area contributed by atoms with Crippen LogP contribution in [0, 0.1) is 5.82 Å². The number of ether oxygens (including phenoxy) is 2. The fourth-order valence-electron chi connectivity index (χ4n) is 2.04. The van der Waals surface area contributed by atoms with Crippen LogP contribution >= 0.6 is 15.9 Å². The second-order valence-electron chi connectivity index (χ2n) is 5.63. The zero-order chi connectivity index (χ0) is 19.6. The molecule has 6 nitrogen and oxygen atoms in total. The van der Waals surface area contributed by atoms with Gasteiger partial charge in [-0.15, -0.1) is 0 Å². The first-order chi connectivity index (χ1) is 13.0. The van der Waals surface area contributed by atoms with Crippen molar-refractivity contribution in [1.29, 1.82) is 0 Å². The molecule has 0 aliphatic heterocycles. The van der Waals surface area contributed by atoms with E-state index in [1.165, 1.54) is 31.2 Å². The first-order valence-corrected chi connectivity index (χ1v) is 9.13. The van der Waals surface area contributed by atoms with E-state index < -0.39 is 17.8 Å². The smallest absolute Gasteiger partial charge is 0.279 e. The van der Waals surface area contributed by atoms with E-state index in [0.29, 0.717) is 24.5 Å². The van der Waals surface area contributed by atoms with Gasteiger partial charge in [0.25, 0.3) is 5.91 Å². The van der Waals surface area contributed by atoms with Crippen LogP contribution in [-0.2, 0) is 9.59 Å². The van der Waals surface area contributed by atoms with Crippen LogP contribution in [0.4, 0.5) is 4.39 Å². The number of carbonyl (C=O) groups is 2. The number of para-hydroxylation sites is 1. The first-order valence-electron chi connectivity index (χ1n) is 8.34. The van der Waals surface area contributed by atoms with Crippen molar-refractivity contribution in [2.75, 3.05) is 6.61 Å². The number of nitrogens with one attached hydrogen (secondary N) is 2. The number of hydrazine groups is 1. The van der Waals surface area contributed by atoms with Crippen LogP contribution in [0.15, 0.2) is 53.0 Å². The predicted molar refractivity (Wildman–Crippen MR) is 102 cm³/mol. The Labute approximate surface area is 165 Å². The van der Waals surface area contributed by atoms with Gasteiger partial charge >= 0.3 is 0 Å². The quantitative estimate of drug-likeness (QED) is 0.489. The normalized spacial score (nSPS) is 11.4. The number of benzene rings is 2. The van der Waals surface area contributed by atoms with E-state index >= 15 is 0 Å². The van der Waals surface area contributed by atoms with Crippen molar-refractivity contribution in [2.45, 2.75) is 25.9 Å². The topological polar surface area (TPSA) is 76.7 Å². The molecule has 0 aliphatic carbocycles. The summed E-state index contributed by atoms with van der Waals surface area (Å²) in [5, 5.41) is 0. The van der Waals surface area contributed by atoms with Crippen LogP contribution in [0.1, 0.15) is 19.8 Å². The fraction of sp³-hybridized carbons (Fsp3) is 0.263. The summed E-state index contributed by atoms with van der Waals surface area (Å²) in [6.07, 6.45) is -0.169. The van der Waals surface area contributed by atoms with Crippen molar-refractivity contribution < 1.29 is 23.5 Å². The highest BCUT2D eigenvalue weighted by Gasteiger charge is 2.15. The highest BCUT2D eigenvalue weighted by atomic mass is 79.9. The second kappa shape index (κ2) is 10.5. The highest BCUT2D eigenvalue weighted by Crippen LogP contribution is 2.23. The fourth-order valence-corrected chi connectivity index (χ4v) is 2.44. The second-order valence-corrected chi connectivity index (χ2v) is 6.49. The standard InChI is InChI=1S/C19H20BrFN2O4/c1-13(27-15-10-8-14(21)9-11-15)19(25)23-22-18(24)7-4-12-26-17-6-3-2-5-16(17)20/h2-3,5-6,8-11,13H,4,7,12H2,1H3,(H,22,24)(H,23,25). The summed E-state index contributed by atoms with van der Waals surface area (Å²) in [7, 11) is 0. The number of hydrogen-bond donors (Lipinski definition) is 2. The van der Waals surface area contributed by atoms with Gasteiger partial charge in [-0.2, -0.15) is 0 Å². The van der Waals surface area contributed by atoms with E-state index in [9.17, 15) is 14.0 Å². The SMILES string of the molecule is CC(Oc1ccc(F)cc1)C(=O)NNC(=O)CCCOc1ccccc1Br. The largest absolute Gasteiger partial charge is 0.492 e. The third kappa shape index (κ3) is 7.26. The molecule has 0 aromatic heterocycles. The van der Waals surface area contributed by atoms with Gasteiger partial charge in [-0.25, -0.2) is 4.39 Å². The molecule has 1 atom stereocenters. The lowest BCUT2D eigenvalue weighted by atomic mass is 10.3. The highest BCUT2D eigenvalue weighted by molar-refractivity contribution is 9.10. The Bertz CT molecular complexity index is 771. The Kier molecular flexibility index (Phi) is 8.06. The van der Waals surface area contributed by atoms with Crippen LogP contribution in [0.25, 0.3) is 0 Å². The molecule has 2 aromatic carbocycles. The molecule has 0 spiro atoms. The molecule has 0 fully saturated rings. The van der Waals surface area contributed by atoms with E-state index in [0.717, 1.165) is 4.47 Å². The maximum Gasteiger partial charge on any atom is 0.279 e. The van der Waals surface area contributed by atoms with Crippen LogP contribution in [-0.4, -0.2) is 24.5 Å². The molecule has 0 saturated heterocycles. The van der Waals surface area contributed by atoms with Gasteiger partial charge in [0.1, 0.15) is 17.3 Å². The summed E-state index contributed by atoms with van der Waals surface area (Å²) in [4.78, 5) is 23.7. The van der Waals surface area contributed by atoms with E-state index in [1.54, 1.807) is 0 Å². The summed E-state index contributed by atoms with van der Waals surface area (Å²) in [5.41, 5.74) is 4.62. The maximum atomic E-state index is 12.8. The van der Waals surface area contributed by atoms with Crippen molar-refractivity contribution >= 4 is 27.7 Å². The molecule has 2 aromatic rings. The molecule has 27 heavy (non-hydrogen) atoms. The lowest BCUT2D eigenvalue weighted by Crippen LogP contribution is -2.47. The number of carbonyl (C=O) groups excluding carboxylic acids is 2. The summed E-state index contributed by atoms with van der Waals surface area (Å²) in [6, 6.07) is 12.7. The van der Waals surface area contributed by atoms with Gasteiger partial charge in [0, 0.05) is 6.42 Å². The lowest BCUT2D eigenvalue weighted by Gasteiger charge is -2.15. The molecule has 2 amide bonds. The average Bonchev–Trinajstić information content (AvgIpc) is 2.66. The van der Waals surface area contributed by atoms with Crippen molar-refractivity contribution in [3.05, 3.63) is 58.8 Å². The minimum absolute atomic E-state index is 0.192. The minimum atomic E-state index is -0.852.